The van der Waals surface area contributed by atoms with Crippen LogP contribution in [0.1, 0.15) is 17.2 Å². The van der Waals surface area contributed by atoms with E-state index in [4.69, 9.17) is 4.74 Å². The van der Waals surface area contributed by atoms with Gasteiger partial charge in [-0.25, -0.2) is 0 Å². The van der Waals surface area contributed by atoms with E-state index in [-0.39, 0.29) is 0 Å². The summed E-state index contributed by atoms with van der Waals surface area (Å²) in [6.07, 6.45) is -1.86. The predicted octanol–water partition coefficient (Wildman–Crippen LogP) is 3.10. The van der Waals surface area contributed by atoms with Gasteiger partial charge in [0.2, 0.25) is 0 Å². The average Bonchev–Trinajstić information content (AvgIpc) is 3.32. The molecule has 1 heterocycles. The molecule has 1 aliphatic carbocycles. The molecule has 0 radical (unpaired) electrons. The summed E-state index contributed by atoms with van der Waals surface area (Å²) in [5.74, 6) is 1.23. The van der Waals surface area contributed by atoms with Gasteiger partial charge in [-0.2, -0.15) is 0 Å². The molecule has 0 fully saturated rings. The smallest absolute Gasteiger partial charge is 0.179 e. The molecule has 1 aliphatic heterocycles. The summed E-state index contributed by atoms with van der Waals surface area (Å²) in [6.45, 7) is 0. The zero-order chi connectivity index (χ0) is 14.1. The molecule has 0 unspecified atom stereocenters. The molecule has 2 aliphatic rings. The molecule has 3 nitrogen and oxygen atoms in total. The first kappa shape index (κ1) is 11.3. The molecule has 2 N–H and O–H groups in total. The van der Waals surface area contributed by atoms with E-state index < -0.39 is 12.2 Å². The topological polar surface area (TPSA) is 53.0 Å². The van der Waals surface area contributed by atoms with Crippen molar-refractivity contribution in [1.82, 2.24) is 0 Å². The number of ether oxygens (including phenoxy) is 1. The van der Waals surface area contributed by atoms with Gasteiger partial charge >= 0.3 is 0 Å². The number of benzene rings is 3. The van der Waals surface area contributed by atoms with Crippen molar-refractivity contribution in [2.24, 2.45) is 0 Å². The summed E-state index contributed by atoms with van der Waals surface area (Å²) in [4.78, 5) is 0. The highest BCUT2D eigenvalue weighted by atomic mass is 16.6. The molecule has 5 rings (SSSR count). The fourth-order valence-electron chi connectivity index (χ4n) is 3.29. The second-order valence-electron chi connectivity index (χ2n) is 5.63. The molecule has 0 amide bonds. The summed E-state index contributed by atoms with van der Waals surface area (Å²) in [7, 11) is 0. The molecule has 0 saturated carbocycles. The Morgan fingerprint density at radius 3 is 2.52 bits per heavy atom. The van der Waals surface area contributed by atoms with Gasteiger partial charge in [0.1, 0.15) is 12.2 Å². The maximum atomic E-state index is 10.2. The van der Waals surface area contributed by atoms with Crippen LogP contribution in [0.15, 0.2) is 54.3 Å². The van der Waals surface area contributed by atoms with E-state index in [1.54, 1.807) is 0 Å². The monoisotopic (exact) mass is 276 g/mol. The van der Waals surface area contributed by atoms with Crippen LogP contribution < -0.4 is 0 Å². The lowest BCUT2D eigenvalue weighted by atomic mass is 9.89. The normalized spacial score (nSPS) is 23.0. The average molecular weight is 276 g/mol. The lowest BCUT2D eigenvalue weighted by Gasteiger charge is -2.19. The molecular weight excluding hydrogens is 264 g/mol. The third kappa shape index (κ3) is 1.39. The third-order valence-corrected chi connectivity index (χ3v) is 4.44. The second kappa shape index (κ2) is 3.64. The molecule has 3 aromatic rings. The van der Waals surface area contributed by atoms with Crippen LogP contribution in [0.2, 0.25) is 0 Å². The van der Waals surface area contributed by atoms with Crippen molar-refractivity contribution in [2.45, 2.75) is 12.2 Å². The zero-order valence-corrected chi connectivity index (χ0v) is 11.1. The van der Waals surface area contributed by atoms with E-state index in [9.17, 15) is 10.2 Å². The molecule has 2 atom stereocenters. The van der Waals surface area contributed by atoms with Gasteiger partial charge in [0.15, 0.2) is 11.5 Å². The maximum absolute atomic E-state index is 10.2. The SMILES string of the molecule is O[C@@H]1C2=C(O2)c2cc3c(ccc4ccccc43)cc2[C@H]1O. The van der Waals surface area contributed by atoms with Crippen molar-refractivity contribution in [3.8, 4) is 0 Å². The van der Waals surface area contributed by atoms with E-state index in [0.717, 1.165) is 27.7 Å². The molecule has 3 heteroatoms. The molecule has 0 aromatic heterocycles. The summed E-state index contributed by atoms with van der Waals surface area (Å²) in [5.41, 5.74) is 1.63. The summed E-state index contributed by atoms with van der Waals surface area (Å²) in [5, 5.41) is 24.7. The molecule has 102 valence electrons. The minimum absolute atomic E-state index is 0.509. The third-order valence-electron chi connectivity index (χ3n) is 4.44. The van der Waals surface area contributed by atoms with Crippen LogP contribution in [0.5, 0.6) is 0 Å². The first-order valence-corrected chi connectivity index (χ1v) is 6.98. The Balaban J connectivity index is 1.90. The van der Waals surface area contributed by atoms with Gasteiger partial charge in [0.25, 0.3) is 0 Å². The minimum Gasteiger partial charge on any atom is -0.451 e. The van der Waals surface area contributed by atoms with Crippen molar-refractivity contribution in [1.29, 1.82) is 0 Å². The Bertz CT molecular complexity index is 955. The Morgan fingerprint density at radius 1 is 0.810 bits per heavy atom. The number of aliphatic hydroxyl groups is 2. The fourth-order valence-corrected chi connectivity index (χ4v) is 3.29. The molecule has 0 bridgehead atoms. The van der Waals surface area contributed by atoms with Gasteiger partial charge in [-0.15, -0.1) is 0 Å². The molecule has 0 saturated heterocycles. The van der Waals surface area contributed by atoms with E-state index in [1.165, 1.54) is 10.8 Å². The van der Waals surface area contributed by atoms with Gasteiger partial charge < -0.3 is 14.9 Å². The first-order valence-electron chi connectivity index (χ1n) is 6.98. The molecule has 0 spiro atoms. The highest BCUT2D eigenvalue weighted by molar-refractivity contribution is 6.09. The maximum Gasteiger partial charge on any atom is 0.179 e. The Kier molecular flexibility index (Phi) is 1.96. The highest BCUT2D eigenvalue weighted by Crippen LogP contribution is 2.50. The molecule has 3 aromatic carbocycles. The summed E-state index contributed by atoms with van der Waals surface area (Å²) < 4.78 is 5.37. The van der Waals surface area contributed by atoms with Crippen molar-refractivity contribution in [3.05, 3.63) is 65.4 Å². The van der Waals surface area contributed by atoms with Crippen molar-refractivity contribution < 1.29 is 14.9 Å². The van der Waals surface area contributed by atoms with Gasteiger partial charge in [-0.05, 0) is 39.2 Å². The Hall–Kier alpha value is -2.36. The number of rotatable bonds is 0. The predicted molar refractivity (Wildman–Crippen MR) is 80.4 cm³/mol. The Morgan fingerprint density at radius 2 is 1.62 bits per heavy atom. The number of aliphatic hydroxyl groups excluding tert-OH is 2. The zero-order valence-electron chi connectivity index (χ0n) is 11.1. The van der Waals surface area contributed by atoms with Crippen LogP contribution >= 0.6 is 0 Å². The van der Waals surface area contributed by atoms with Crippen LogP contribution in [0.25, 0.3) is 27.3 Å². The lowest BCUT2D eigenvalue weighted by Crippen LogP contribution is -2.20. The van der Waals surface area contributed by atoms with Gasteiger partial charge in [-0.1, -0.05) is 36.4 Å². The lowest BCUT2D eigenvalue weighted by molar-refractivity contribution is 0.0325. The van der Waals surface area contributed by atoms with Crippen LogP contribution in [0, 0.1) is 0 Å². The number of hydrogen-bond donors (Lipinski definition) is 2. The quantitative estimate of drug-likeness (QED) is 0.620. The number of fused-ring (bicyclic) bond motifs is 5. The van der Waals surface area contributed by atoms with E-state index in [2.05, 4.69) is 30.3 Å². The van der Waals surface area contributed by atoms with Crippen LogP contribution in [0.3, 0.4) is 0 Å². The summed E-state index contributed by atoms with van der Waals surface area (Å²) >= 11 is 0. The first-order chi connectivity index (χ1) is 10.2. The van der Waals surface area contributed by atoms with Crippen LogP contribution in [-0.2, 0) is 4.74 Å². The largest absolute Gasteiger partial charge is 0.451 e. The molecule has 21 heavy (non-hydrogen) atoms. The van der Waals surface area contributed by atoms with E-state index in [0.29, 0.717) is 5.76 Å². The van der Waals surface area contributed by atoms with E-state index in [1.807, 2.05) is 18.2 Å². The van der Waals surface area contributed by atoms with Gasteiger partial charge in [0.05, 0.1) is 0 Å². The van der Waals surface area contributed by atoms with E-state index >= 15 is 0 Å². The molecular formula is C18H12O3. The standard InChI is InChI=1S/C18H12O3/c19-15-13-7-10-6-5-9-3-1-2-4-11(9)12(10)8-14(13)17-18(21-17)16(15)20/h1-8,15-16,19-20H/t15-,16+/m1/s1. The van der Waals surface area contributed by atoms with Crippen molar-refractivity contribution in [2.75, 3.05) is 0 Å². The van der Waals surface area contributed by atoms with Crippen molar-refractivity contribution >= 4 is 27.3 Å². The fraction of sp³-hybridized carbons (Fsp3) is 0.111. The summed E-state index contributed by atoms with van der Waals surface area (Å²) in [6, 6.07) is 16.4. The van der Waals surface area contributed by atoms with Crippen LogP contribution in [-0.4, -0.2) is 16.3 Å². The van der Waals surface area contributed by atoms with Gasteiger partial charge in [-0.3, -0.25) is 0 Å². The Labute approximate surface area is 120 Å². The van der Waals surface area contributed by atoms with Gasteiger partial charge in [0, 0.05) is 5.56 Å². The van der Waals surface area contributed by atoms with Crippen LogP contribution in [0.4, 0.5) is 0 Å². The second-order valence-corrected chi connectivity index (χ2v) is 5.63. The van der Waals surface area contributed by atoms with Crippen molar-refractivity contribution in [3.63, 3.8) is 0 Å². The highest BCUT2D eigenvalue weighted by Gasteiger charge is 2.44. The minimum atomic E-state index is -0.939. The number of hydrogen-bond acceptors (Lipinski definition) is 3.